The van der Waals surface area contributed by atoms with Crippen molar-refractivity contribution in [1.82, 2.24) is 5.32 Å². The van der Waals surface area contributed by atoms with Gasteiger partial charge >= 0.3 is 5.97 Å². The van der Waals surface area contributed by atoms with Crippen molar-refractivity contribution in [2.24, 2.45) is 0 Å². The Balaban J connectivity index is 3.01. The maximum absolute atomic E-state index is 13.4. The molecule has 1 rings (SSSR count). The lowest BCUT2D eigenvalue weighted by Gasteiger charge is -2.15. The summed E-state index contributed by atoms with van der Waals surface area (Å²) in [5.74, 6) is -6.62. The second-order valence-electron chi connectivity index (χ2n) is 4.27. The van der Waals surface area contributed by atoms with Crippen LogP contribution in [0.5, 0.6) is 0 Å². The second-order valence-corrected chi connectivity index (χ2v) is 4.27. The zero-order valence-electron chi connectivity index (χ0n) is 10.5. The van der Waals surface area contributed by atoms with Gasteiger partial charge in [-0.25, -0.2) is 18.0 Å². The number of hydrogen-bond acceptors (Lipinski definition) is 2. The van der Waals surface area contributed by atoms with Crippen LogP contribution in [0.1, 0.15) is 23.7 Å². The fourth-order valence-corrected chi connectivity index (χ4v) is 1.54. The summed E-state index contributed by atoms with van der Waals surface area (Å²) < 4.78 is 39.5. The van der Waals surface area contributed by atoms with Gasteiger partial charge in [0.15, 0.2) is 0 Å². The van der Waals surface area contributed by atoms with Gasteiger partial charge in [0.25, 0.3) is 5.91 Å². The first-order valence-corrected chi connectivity index (χ1v) is 5.55. The molecule has 1 aromatic rings. The Morgan fingerprint density at radius 1 is 1.30 bits per heavy atom. The summed E-state index contributed by atoms with van der Waals surface area (Å²) in [6.45, 7) is 5.03. The van der Waals surface area contributed by atoms with Gasteiger partial charge in [-0.15, -0.1) is 6.58 Å². The van der Waals surface area contributed by atoms with Crippen LogP contribution in [0, 0.1) is 17.5 Å². The van der Waals surface area contributed by atoms with Crippen molar-refractivity contribution in [3.8, 4) is 0 Å². The molecule has 108 valence electrons. The predicted octanol–water partition coefficient (Wildman–Crippen LogP) is 2.25. The van der Waals surface area contributed by atoms with Crippen molar-refractivity contribution >= 4 is 11.9 Å². The van der Waals surface area contributed by atoms with Crippen molar-refractivity contribution in [2.45, 2.75) is 19.4 Å². The number of nitrogens with one attached hydrogen (secondary N) is 1. The molecule has 0 bridgehead atoms. The smallest absolute Gasteiger partial charge is 0.326 e. The Hall–Kier alpha value is -2.31. The first-order valence-electron chi connectivity index (χ1n) is 5.55. The van der Waals surface area contributed by atoms with Crippen LogP contribution < -0.4 is 5.32 Å². The van der Waals surface area contributed by atoms with Gasteiger partial charge in [0.05, 0.1) is 0 Å². The summed E-state index contributed by atoms with van der Waals surface area (Å²) >= 11 is 0. The van der Waals surface area contributed by atoms with Crippen molar-refractivity contribution in [3.63, 3.8) is 0 Å². The van der Waals surface area contributed by atoms with Gasteiger partial charge in [-0.1, -0.05) is 5.57 Å². The molecule has 0 spiro atoms. The number of hydrogen-bond donors (Lipinski definition) is 2. The van der Waals surface area contributed by atoms with E-state index >= 15 is 0 Å². The number of amides is 1. The van der Waals surface area contributed by atoms with Crippen LogP contribution in [0.3, 0.4) is 0 Å². The molecular weight excluding hydrogens is 275 g/mol. The molecule has 1 atom stereocenters. The van der Waals surface area contributed by atoms with Crippen LogP contribution in [0.15, 0.2) is 24.3 Å². The number of rotatable bonds is 5. The molecule has 2 N–H and O–H groups in total. The zero-order chi connectivity index (χ0) is 15.4. The molecule has 0 fully saturated rings. The number of carbonyl (C=O) groups is 2. The van der Waals surface area contributed by atoms with E-state index < -0.39 is 40.9 Å². The minimum absolute atomic E-state index is 0.0918. The van der Waals surface area contributed by atoms with E-state index in [-0.39, 0.29) is 6.42 Å². The van der Waals surface area contributed by atoms with E-state index in [1.54, 1.807) is 6.92 Å². The highest BCUT2D eigenvalue weighted by Crippen LogP contribution is 2.15. The van der Waals surface area contributed by atoms with Crippen molar-refractivity contribution in [3.05, 3.63) is 47.3 Å². The largest absolute Gasteiger partial charge is 0.480 e. The molecule has 0 unspecified atom stereocenters. The van der Waals surface area contributed by atoms with Crippen LogP contribution in [0.25, 0.3) is 0 Å². The molecule has 0 saturated heterocycles. The van der Waals surface area contributed by atoms with Gasteiger partial charge in [0.1, 0.15) is 29.1 Å². The number of halogens is 3. The highest BCUT2D eigenvalue weighted by Gasteiger charge is 2.25. The van der Waals surface area contributed by atoms with E-state index in [2.05, 4.69) is 6.58 Å². The third kappa shape index (κ3) is 3.84. The van der Waals surface area contributed by atoms with Gasteiger partial charge in [-0.3, -0.25) is 4.79 Å². The predicted molar refractivity (Wildman–Crippen MR) is 64.6 cm³/mol. The van der Waals surface area contributed by atoms with Crippen molar-refractivity contribution in [1.29, 1.82) is 0 Å². The maximum Gasteiger partial charge on any atom is 0.326 e. The lowest BCUT2D eigenvalue weighted by Crippen LogP contribution is -2.41. The summed E-state index contributed by atoms with van der Waals surface area (Å²) in [4.78, 5) is 22.6. The van der Waals surface area contributed by atoms with E-state index in [0.717, 1.165) is 0 Å². The van der Waals surface area contributed by atoms with Gasteiger partial charge < -0.3 is 10.4 Å². The van der Waals surface area contributed by atoms with Gasteiger partial charge in [-0.2, -0.15) is 0 Å². The zero-order valence-corrected chi connectivity index (χ0v) is 10.5. The SMILES string of the molecule is C=C(C)C[C@@H](NC(=O)c1c(F)cc(F)cc1F)C(=O)O. The maximum atomic E-state index is 13.4. The van der Waals surface area contributed by atoms with E-state index in [1.165, 1.54) is 0 Å². The monoisotopic (exact) mass is 287 g/mol. The van der Waals surface area contributed by atoms with E-state index in [4.69, 9.17) is 5.11 Å². The van der Waals surface area contributed by atoms with Crippen molar-refractivity contribution < 1.29 is 27.9 Å². The lowest BCUT2D eigenvalue weighted by molar-refractivity contribution is -0.139. The summed E-state index contributed by atoms with van der Waals surface area (Å²) in [6.07, 6.45) is -0.0918. The standard InChI is InChI=1S/C13H12F3NO3/c1-6(2)3-10(13(19)20)17-12(18)11-8(15)4-7(14)5-9(11)16/h4-5,10H,1,3H2,2H3,(H,17,18)(H,19,20)/t10-/m1/s1. The fraction of sp³-hybridized carbons (Fsp3) is 0.231. The van der Waals surface area contributed by atoms with Gasteiger partial charge in [0, 0.05) is 12.1 Å². The van der Waals surface area contributed by atoms with Gasteiger partial charge in [0.2, 0.25) is 0 Å². The first kappa shape index (κ1) is 15.7. The number of carboxylic acid groups (broad SMARTS) is 1. The van der Waals surface area contributed by atoms with Crippen LogP contribution in [-0.2, 0) is 4.79 Å². The molecule has 1 amide bonds. The van der Waals surface area contributed by atoms with E-state index in [1.807, 2.05) is 5.32 Å². The van der Waals surface area contributed by atoms with Crippen LogP contribution >= 0.6 is 0 Å². The number of aliphatic carboxylic acids is 1. The average molecular weight is 287 g/mol. The highest BCUT2D eigenvalue weighted by molar-refractivity contribution is 5.97. The number of carboxylic acids is 1. The molecule has 4 nitrogen and oxygen atoms in total. The van der Waals surface area contributed by atoms with Crippen molar-refractivity contribution in [2.75, 3.05) is 0 Å². The molecule has 0 aromatic heterocycles. The van der Waals surface area contributed by atoms with E-state index in [9.17, 15) is 22.8 Å². The summed E-state index contributed by atoms with van der Waals surface area (Å²) in [5.41, 5.74) is -0.558. The molecule has 0 aliphatic rings. The Morgan fingerprint density at radius 2 is 1.80 bits per heavy atom. The summed E-state index contributed by atoms with van der Waals surface area (Å²) in [6, 6.07) is -0.692. The molecule has 0 aliphatic carbocycles. The Kier molecular flexibility index (Phi) is 4.90. The topological polar surface area (TPSA) is 66.4 Å². The first-order chi connectivity index (χ1) is 9.22. The van der Waals surface area contributed by atoms with Gasteiger partial charge in [-0.05, 0) is 13.3 Å². The number of benzene rings is 1. The number of carbonyl (C=O) groups excluding carboxylic acids is 1. The molecule has 0 heterocycles. The second kappa shape index (κ2) is 6.23. The quantitative estimate of drug-likeness (QED) is 0.816. The third-order valence-corrected chi connectivity index (χ3v) is 2.39. The van der Waals surface area contributed by atoms with Crippen LogP contribution in [-0.4, -0.2) is 23.0 Å². The summed E-state index contributed by atoms with van der Waals surface area (Å²) in [7, 11) is 0. The lowest BCUT2D eigenvalue weighted by atomic mass is 10.1. The third-order valence-electron chi connectivity index (χ3n) is 2.39. The molecule has 0 aliphatic heterocycles. The van der Waals surface area contributed by atoms with E-state index in [0.29, 0.717) is 17.7 Å². The highest BCUT2D eigenvalue weighted by atomic mass is 19.1. The normalized spacial score (nSPS) is 11.8. The Morgan fingerprint density at radius 3 is 2.20 bits per heavy atom. The minimum Gasteiger partial charge on any atom is -0.480 e. The fourth-order valence-electron chi connectivity index (χ4n) is 1.54. The molecule has 7 heteroatoms. The molecular formula is C13H12F3NO3. The molecule has 1 aromatic carbocycles. The average Bonchev–Trinajstić information content (AvgIpc) is 2.25. The Bertz CT molecular complexity index is 549. The minimum atomic E-state index is -1.40. The summed E-state index contributed by atoms with van der Waals surface area (Å²) in [5, 5.41) is 10.9. The van der Waals surface area contributed by atoms with Crippen LogP contribution in [0.2, 0.25) is 0 Å². The molecule has 0 radical (unpaired) electrons. The van der Waals surface area contributed by atoms with Crippen LogP contribution in [0.4, 0.5) is 13.2 Å². The molecule has 20 heavy (non-hydrogen) atoms. The Labute approximate surface area is 112 Å². The molecule has 0 saturated carbocycles.